The molecule has 0 aliphatic carbocycles. The van der Waals surface area contributed by atoms with Crippen molar-refractivity contribution < 1.29 is 23.5 Å². The zero-order valence-electron chi connectivity index (χ0n) is 16.7. The zero-order chi connectivity index (χ0) is 20.5. The lowest BCUT2D eigenvalue weighted by atomic mass is 9.93. The van der Waals surface area contributed by atoms with Crippen molar-refractivity contribution in [2.24, 2.45) is 5.92 Å². The van der Waals surface area contributed by atoms with Crippen molar-refractivity contribution in [3.8, 4) is 0 Å². The first-order valence-corrected chi connectivity index (χ1v) is 9.43. The van der Waals surface area contributed by atoms with Crippen LogP contribution in [-0.2, 0) is 20.7 Å². The number of hydrogen-bond donors (Lipinski definition) is 0. The first-order chi connectivity index (χ1) is 13.2. The number of carbonyl (C=O) groups excluding carboxylic acids is 2. The molecule has 28 heavy (non-hydrogen) atoms. The molecular weight excluding hydrogens is 361 g/mol. The number of ether oxygens (including phenoxy) is 2. The highest BCUT2D eigenvalue weighted by molar-refractivity contribution is 5.86. The van der Waals surface area contributed by atoms with E-state index in [-0.39, 0.29) is 11.7 Å². The summed E-state index contributed by atoms with van der Waals surface area (Å²) in [5, 5.41) is 1.43. The van der Waals surface area contributed by atoms with Crippen molar-refractivity contribution in [3.63, 3.8) is 0 Å². The first kappa shape index (κ1) is 20.1. The van der Waals surface area contributed by atoms with Gasteiger partial charge in [0.05, 0.1) is 7.11 Å². The van der Waals surface area contributed by atoms with E-state index in [0.29, 0.717) is 24.8 Å². The van der Waals surface area contributed by atoms with Crippen molar-refractivity contribution in [1.82, 2.24) is 4.90 Å². The lowest BCUT2D eigenvalue weighted by Gasteiger charge is -2.27. The van der Waals surface area contributed by atoms with E-state index < -0.39 is 23.7 Å². The number of halogens is 1. The number of carbonyl (C=O) groups is 2. The maximum Gasteiger partial charge on any atom is 0.411 e. The van der Waals surface area contributed by atoms with Gasteiger partial charge in [0.15, 0.2) is 0 Å². The monoisotopic (exact) mass is 387 g/mol. The number of amides is 1. The standard InChI is InChI=1S/C22H26FNO4/c1-22(2,3)28-21(26)24-13-14(12-19(24)20(25)27-4)11-15-9-10-18(23)17-8-6-5-7-16(15)17/h5-10,14,19H,11-13H2,1-4H3/t14-,19-/m1/s1. The summed E-state index contributed by atoms with van der Waals surface area (Å²) in [6, 6.07) is 9.92. The highest BCUT2D eigenvalue weighted by atomic mass is 19.1. The highest BCUT2D eigenvalue weighted by Crippen LogP contribution is 2.31. The number of hydrogen-bond acceptors (Lipinski definition) is 4. The average molecular weight is 387 g/mol. The van der Waals surface area contributed by atoms with Crippen molar-refractivity contribution in [2.45, 2.75) is 45.3 Å². The molecule has 0 bridgehead atoms. The molecule has 0 unspecified atom stereocenters. The Kier molecular flexibility index (Phi) is 5.59. The molecule has 150 valence electrons. The van der Waals surface area contributed by atoms with Gasteiger partial charge in [-0.2, -0.15) is 0 Å². The van der Waals surface area contributed by atoms with Crippen molar-refractivity contribution >= 4 is 22.8 Å². The van der Waals surface area contributed by atoms with Crippen LogP contribution in [-0.4, -0.2) is 42.3 Å². The van der Waals surface area contributed by atoms with Gasteiger partial charge in [-0.1, -0.05) is 30.3 Å². The Labute approximate surface area is 164 Å². The number of benzene rings is 2. The maximum absolute atomic E-state index is 14.1. The summed E-state index contributed by atoms with van der Waals surface area (Å²) in [7, 11) is 1.32. The van der Waals surface area contributed by atoms with Crippen LogP contribution in [0.2, 0.25) is 0 Å². The number of likely N-dealkylation sites (tertiary alicyclic amines) is 1. The Morgan fingerprint density at radius 2 is 1.82 bits per heavy atom. The van der Waals surface area contributed by atoms with E-state index in [1.807, 2.05) is 18.2 Å². The van der Waals surface area contributed by atoms with Crippen LogP contribution in [0, 0.1) is 11.7 Å². The minimum Gasteiger partial charge on any atom is -0.467 e. The Balaban J connectivity index is 1.83. The van der Waals surface area contributed by atoms with Crippen LogP contribution in [0.25, 0.3) is 10.8 Å². The second kappa shape index (κ2) is 7.78. The maximum atomic E-state index is 14.1. The Morgan fingerprint density at radius 1 is 1.14 bits per heavy atom. The molecule has 0 radical (unpaired) electrons. The molecule has 0 saturated carbocycles. The Hall–Kier alpha value is -2.63. The molecule has 6 heteroatoms. The second-order valence-electron chi connectivity index (χ2n) is 8.23. The van der Waals surface area contributed by atoms with Crippen LogP contribution >= 0.6 is 0 Å². The third-order valence-electron chi connectivity index (χ3n) is 4.96. The van der Waals surface area contributed by atoms with Gasteiger partial charge in [-0.15, -0.1) is 0 Å². The van der Waals surface area contributed by atoms with Crippen molar-refractivity contribution in [1.29, 1.82) is 0 Å². The number of esters is 1. The fourth-order valence-corrected chi connectivity index (χ4v) is 3.77. The molecule has 1 aliphatic rings. The summed E-state index contributed by atoms with van der Waals surface area (Å²) >= 11 is 0. The van der Waals surface area contributed by atoms with Gasteiger partial charge in [0.25, 0.3) is 0 Å². The fraction of sp³-hybridized carbons (Fsp3) is 0.455. The summed E-state index contributed by atoms with van der Waals surface area (Å²) in [5.41, 5.74) is 0.347. The van der Waals surface area contributed by atoms with Gasteiger partial charge in [-0.3, -0.25) is 4.90 Å². The van der Waals surface area contributed by atoms with Crippen LogP contribution in [0.1, 0.15) is 32.8 Å². The molecule has 1 heterocycles. The first-order valence-electron chi connectivity index (χ1n) is 9.43. The second-order valence-corrected chi connectivity index (χ2v) is 8.23. The molecule has 0 aromatic heterocycles. The molecule has 0 spiro atoms. The van der Waals surface area contributed by atoms with E-state index in [1.165, 1.54) is 18.1 Å². The van der Waals surface area contributed by atoms with Gasteiger partial charge in [0.1, 0.15) is 17.5 Å². The number of rotatable bonds is 3. The Bertz CT molecular complexity index is 890. The molecule has 0 N–H and O–H groups in total. The molecule has 1 aliphatic heterocycles. The van der Waals surface area contributed by atoms with Crippen LogP contribution in [0.5, 0.6) is 0 Å². The minimum absolute atomic E-state index is 0.0467. The van der Waals surface area contributed by atoms with Gasteiger partial charge >= 0.3 is 12.1 Å². The smallest absolute Gasteiger partial charge is 0.411 e. The summed E-state index contributed by atoms with van der Waals surface area (Å²) < 4.78 is 24.4. The van der Waals surface area contributed by atoms with Crippen molar-refractivity contribution in [3.05, 3.63) is 47.8 Å². The summed E-state index contributed by atoms with van der Waals surface area (Å²) in [6.07, 6.45) is 0.597. The van der Waals surface area contributed by atoms with Crippen LogP contribution in [0.3, 0.4) is 0 Å². The summed E-state index contributed by atoms with van der Waals surface area (Å²) in [5.74, 6) is -0.656. The summed E-state index contributed by atoms with van der Waals surface area (Å²) in [6.45, 7) is 5.75. The molecule has 1 saturated heterocycles. The quantitative estimate of drug-likeness (QED) is 0.736. The molecular formula is C22H26FNO4. The van der Waals surface area contributed by atoms with Crippen molar-refractivity contribution in [2.75, 3.05) is 13.7 Å². The molecule has 1 amide bonds. The lowest BCUT2D eigenvalue weighted by Crippen LogP contribution is -2.43. The molecule has 2 atom stereocenters. The average Bonchev–Trinajstić information content (AvgIpc) is 3.06. The lowest BCUT2D eigenvalue weighted by molar-refractivity contribution is -0.145. The van der Waals surface area contributed by atoms with Crippen LogP contribution in [0.15, 0.2) is 36.4 Å². The third-order valence-corrected chi connectivity index (χ3v) is 4.96. The van der Waals surface area contributed by atoms with Gasteiger partial charge in [-0.25, -0.2) is 14.0 Å². The van der Waals surface area contributed by atoms with E-state index in [2.05, 4.69) is 0 Å². The molecule has 2 aromatic rings. The predicted molar refractivity (Wildman–Crippen MR) is 104 cm³/mol. The van der Waals surface area contributed by atoms with E-state index in [1.54, 1.807) is 32.9 Å². The van der Waals surface area contributed by atoms with E-state index in [4.69, 9.17) is 9.47 Å². The molecule has 5 nitrogen and oxygen atoms in total. The van der Waals surface area contributed by atoms with E-state index in [9.17, 15) is 14.0 Å². The molecule has 1 fully saturated rings. The molecule has 2 aromatic carbocycles. The normalized spacial score (nSPS) is 19.7. The predicted octanol–water partition coefficient (Wildman–Crippen LogP) is 4.32. The SMILES string of the molecule is COC(=O)[C@H]1C[C@@H](Cc2ccc(F)c3ccccc23)CN1C(=O)OC(C)(C)C. The van der Waals surface area contributed by atoms with Crippen LogP contribution in [0.4, 0.5) is 9.18 Å². The van der Waals surface area contributed by atoms with E-state index >= 15 is 0 Å². The summed E-state index contributed by atoms with van der Waals surface area (Å²) in [4.78, 5) is 26.3. The minimum atomic E-state index is -0.670. The number of fused-ring (bicyclic) bond motifs is 1. The number of nitrogens with zero attached hydrogens (tertiary/aromatic N) is 1. The molecule has 3 rings (SSSR count). The van der Waals surface area contributed by atoms with Gasteiger partial charge in [0.2, 0.25) is 0 Å². The highest BCUT2D eigenvalue weighted by Gasteiger charge is 2.42. The third kappa shape index (κ3) is 4.26. The zero-order valence-corrected chi connectivity index (χ0v) is 16.7. The van der Waals surface area contributed by atoms with Gasteiger partial charge < -0.3 is 9.47 Å². The van der Waals surface area contributed by atoms with Gasteiger partial charge in [-0.05, 0) is 56.5 Å². The van der Waals surface area contributed by atoms with E-state index in [0.717, 1.165) is 10.9 Å². The topological polar surface area (TPSA) is 55.8 Å². The number of methoxy groups -OCH3 is 1. The fourth-order valence-electron chi connectivity index (χ4n) is 3.77. The van der Waals surface area contributed by atoms with Gasteiger partial charge in [0, 0.05) is 11.9 Å². The van der Waals surface area contributed by atoms with Crippen LogP contribution < -0.4 is 0 Å². The Morgan fingerprint density at radius 3 is 2.46 bits per heavy atom. The largest absolute Gasteiger partial charge is 0.467 e.